The van der Waals surface area contributed by atoms with Crippen molar-refractivity contribution in [3.05, 3.63) is 18.2 Å². The highest BCUT2D eigenvalue weighted by molar-refractivity contribution is 7.98. The minimum atomic E-state index is 0.0496. The Morgan fingerprint density at radius 1 is 1.20 bits per heavy atom. The molecule has 1 aromatic rings. The van der Waals surface area contributed by atoms with Crippen molar-refractivity contribution in [3.8, 4) is 0 Å². The number of ether oxygens (including phenoxy) is 1. The van der Waals surface area contributed by atoms with Crippen molar-refractivity contribution in [1.82, 2.24) is 9.62 Å². The van der Waals surface area contributed by atoms with Gasteiger partial charge in [-0.25, -0.2) is 4.31 Å². The zero-order valence-electron chi connectivity index (χ0n) is 19.4. The fourth-order valence-corrected chi connectivity index (χ4v) is 4.66. The summed E-state index contributed by atoms with van der Waals surface area (Å²) in [6.07, 6.45) is 4.36. The molecular weight excluding hydrogens is 394 g/mol. The van der Waals surface area contributed by atoms with E-state index in [4.69, 9.17) is 9.73 Å². The molecule has 6 nitrogen and oxygen atoms in total. The summed E-state index contributed by atoms with van der Waals surface area (Å²) < 4.78 is 10.2. The predicted octanol–water partition coefficient (Wildman–Crippen LogP) is 4.20. The molecule has 2 fully saturated rings. The Morgan fingerprint density at radius 3 is 2.57 bits per heavy atom. The molecule has 0 spiro atoms. The molecule has 30 heavy (non-hydrogen) atoms. The molecule has 0 unspecified atom stereocenters. The second-order valence-corrected chi connectivity index (χ2v) is 10.7. The van der Waals surface area contributed by atoms with E-state index in [1.165, 1.54) is 11.4 Å². The maximum absolute atomic E-state index is 5.53. The van der Waals surface area contributed by atoms with Crippen LogP contribution in [0.3, 0.4) is 0 Å². The molecule has 1 aromatic carbocycles. The first kappa shape index (κ1) is 23.4. The minimum absolute atomic E-state index is 0.0496. The quantitative estimate of drug-likeness (QED) is 0.513. The topological polar surface area (TPSA) is 43.3 Å². The molecule has 0 amide bonds. The normalized spacial score (nSPS) is 19.4. The number of aliphatic imine (C=N–C) groups is 1. The van der Waals surface area contributed by atoms with Gasteiger partial charge in [-0.15, -0.1) is 0 Å². The highest BCUT2D eigenvalue weighted by Crippen LogP contribution is 2.36. The lowest BCUT2D eigenvalue weighted by molar-refractivity contribution is 0.0685. The summed E-state index contributed by atoms with van der Waals surface area (Å²) >= 11 is 1.80. The number of hydrogen-bond donors (Lipinski definition) is 1. The van der Waals surface area contributed by atoms with Crippen LogP contribution in [0.25, 0.3) is 0 Å². The largest absolute Gasteiger partial charge is 0.381 e. The molecule has 0 radical (unpaired) electrons. The van der Waals surface area contributed by atoms with E-state index in [0.717, 1.165) is 64.5 Å². The summed E-state index contributed by atoms with van der Waals surface area (Å²) in [5.41, 5.74) is 3.48. The van der Waals surface area contributed by atoms with E-state index >= 15 is 0 Å². The van der Waals surface area contributed by atoms with E-state index in [2.05, 4.69) is 78.1 Å². The summed E-state index contributed by atoms with van der Waals surface area (Å²) in [6, 6.07) is 6.69. The number of rotatable bonds is 7. The van der Waals surface area contributed by atoms with E-state index < -0.39 is 0 Å². The molecular formula is C23H39N5OS. The number of benzene rings is 1. The molecule has 0 bridgehead atoms. The van der Waals surface area contributed by atoms with Crippen LogP contribution >= 0.6 is 12.1 Å². The zero-order valence-corrected chi connectivity index (χ0v) is 20.2. The van der Waals surface area contributed by atoms with Gasteiger partial charge in [0, 0.05) is 78.4 Å². The standard InChI is InChI=1S/C23H39N5OS/c1-23(2,3)18-25-21-16-20(27(5)30-28-12-10-24-11-13-28)6-7-22(21)26(4)17-19-8-14-29-15-9-19/h6-7,16,18-19,24H,8-15,17H2,1-5H3. The van der Waals surface area contributed by atoms with Crippen LogP contribution in [-0.4, -0.2) is 70.6 Å². The molecule has 1 N–H and O–H groups in total. The Kier molecular flexibility index (Phi) is 8.45. The van der Waals surface area contributed by atoms with Crippen molar-refractivity contribution in [2.75, 3.05) is 69.2 Å². The van der Waals surface area contributed by atoms with Gasteiger partial charge in [0.1, 0.15) is 0 Å². The van der Waals surface area contributed by atoms with Gasteiger partial charge in [0.15, 0.2) is 0 Å². The first-order chi connectivity index (χ1) is 14.3. The maximum atomic E-state index is 5.53. The molecule has 2 aliphatic rings. The van der Waals surface area contributed by atoms with Crippen molar-refractivity contribution < 1.29 is 4.74 Å². The second kappa shape index (κ2) is 10.8. The van der Waals surface area contributed by atoms with E-state index in [1.807, 2.05) is 0 Å². The monoisotopic (exact) mass is 433 g/mol. The Labute approximate surface area is 187 Å². The molecule has 7 heteroatoms. The third kappa shape index (κ3) is 7.15. The summed E-state index contributed by atoms with van der Waals surface area (Å²) in [6.45, 7) is 13.6. The number of nitrogens with zero attached hydrogens (tertiary/aromatic N) is 4. The van der Waals surface area contributed by atoms with Crippen LogP contribution in [0.2, 0.25) is 0 Å². The van der Waals surface area contributed by atoms with Gasteiger partial charge in [-0.05, 0) is 42.4 Å². The average Bonchev–Trinajstić information content (AvgIpc) is 2.73. The molecule has 0 aromatic heterocycles. The fourth-order valence-electron chi connectivity index (χ4n) is 3.76. The lowest BCUT2D eigenvalue weighted by Gasteiger charge is -2.31. The summed E-state index contributed by atoms with van der Waals surface area (Å²) in [5, 5.41) is 3.41. The van der Waals surface area contributed by atoms with Gasteiger partial charge in [-0.1, -0.05) is 20.8 Å². The first-order valence-corrected chi connectivity index (χ1v) is 11.9. The Hall–Kier alpha value is -1.28. The molecule has 0 aliphatic carbocycles. The molecule has 0 atom stereocenters. The number of piperazine rings is 1. The molecule has 2 aliphatic heterocycles. The van der Waals surface area contributed by atoms with Gasteiger partial charge in [-0.2, -0.15) is 0 Å². The third-order valence-electron chi connectivity index (χ3n) is 5.51. The average molecular weight is 434 g/mol. The van der Waals surface area contributed by atoms with Gasteiger partial charge >= 0.3 is 0 Å². The smallest absolute Gasteiger partial charge is 0.0880 e. The van der Waals surface area contributed by atoms with E-state index in [-0.39, 0.29) is 5.41 Å². The van der Waals surface area contributed by atoms with Crippen LogP contribution in [-0.2, 0) is 4.74 Å². The van der Waals surface area contributed by atoms with Gasteiger partial charge in [0.05, 0.1) is 17.1 Å². The van der Waals surface area contributed by atoms with Crippen LogP contribution in [0.15, 0.2) is 23.2 Å². The van der Waals surface area contributed by atoms with Gasteiger partial charge < -0.3 is 19.3 Å². The lowest BCUT2D eigenvalue weighted by atomic mass is 9.99. The van der Waals surface area contributed by atoms with Crippen molar-refractivity contribution in [3.63, 3.8) is 0 Å². The van der Waals surface area contributed by atoms with Crippen LogP contribution in [0.4, 0.5) is 17.1 Å². The van der Waals surface area contributed by atoms with Crippen LogP contribution < -0.4 is 14.5 Å². The lowest BCUT2D eigenvalue weighted by Crippen LogP contribution is -2.41. The van der Waals surface area contributed by atoms with Crippen LogP contribution in [0.1, 0.15) is 33.6 Å². The summed E-state index contributed by atoms with van der Waals surface area (Å²) in [4.78, 5) is 7.30. The second-order valence-electron chi connectivity index (χ2n) is 9.49. The van der Waals surface area contributed by atoms with Crippen molar-refractivity contribution in [1.29, 1.82) is 0 Å². The van der Waals surface area contributed by atoms with Gasteiger partial charge in [0.25, 0.3) is 0 Å². The van der Waals surface area contributed by atoms with Crippen molar-refractivity contribution in [2.45, 2.75) is 33.6 Å². The molecule has 2 saturated heterocycles. The third-order valence-corrected chi connectivity index (χ3v) is 6.56. The van der Waals surface area contributed by atoms with Crippen LogP contribution in [0.5, 0.6) is 0 Å². The van der Waals surface area contributed by atoms with Crippen LogP contribution in [0, 0.1) is 11.3 Å². The predicted molar refractivity (Wildman–Crippen MR) is 131 cm³/mol. The van der Waals surface area contributed by atoms with E-state index in [9.17, 15) is 0 Å². The van der Waals surface area contributed by atoms with Crippen molar-refractivity contribution >= 4 is 35.4 Å². The van der Waals surface area contributed by atoms with E-state index in [1.54, 1.807) is 12.1 Å². The Bertz CT molecular complexity index is 693. The number of nitrogens with one attached hydrogen (secondary N) is 1. The number of hydrogen-bond acceptors (Lipinski definition) is 7. The Balaban J connectivity index is 1.77. The summed E-state index contributed by atoms with van der Waals surface area (Å²) in [5.74, 6) is 0.689. The molecule has 168 valence electrons. The van der Waals surface area contributed by atoms with Gasteiger partial charge in [-0.3, -0.25) is 4.99 Å². The summed E-state index contributed by atoms with van der Waals surface area (Å²) in [7, 11) is 4.34. The molecule has 3 rings (SSSR count). The maximum Gasteiger partial charge on any atom is 0.0880 e. The molecule has 0 saturated carbocycles. The Morgan fingerprint density at radius 2 is 1.90 bits per heavy atom. The van der Waals surface area contributed by atoms with Crippen molar-refractivity contribution in [2.24, 2.45) is 16.3 Å². The molecule has 2 heterocycles. The minimum Gasteiger partial charge on any atom is -0.381 e. The number of anilines is 2. The van der Waals surface area contributed by atoms with Gasteiger partial charge in [0.2, 0.25) is 0 Å². The fraction of sp³-hybridized carbons (Fsp3) is 0.696. The SMILES string of the molecule is CN(CC1CCOCC1)c1ccc(N(C)SN2CCNCC2)cc1N=CC(C)(C)C. The highest BCUT2D eigenvalue weighted by Gasteiger charge is 2.19. The zero-order chi connectivity index (χ0) is 21.6. The van der Waals surface area contributed by atoms with E-state index in [0.29, 0.717) is 5.92 Å². The first-order valence-electron chi connectivity index (χ1n) is 11.2. The highest BCUT2D eigenvalue weighted by atomic mass is 32.2.